The molecular formula is C10H23ClIN. The summed E-state index contributed by atoms with van der Waals surface area (Å²) >= 11 is 5.95. The van der Waals surface area contributed by atoms with Crippen LogP contribution in [0.15, 0.2) is 0 Å². The molecule has 0 radical (unpaired) electrons. The molecule has 0 aromatic rings. The molecule has 3 heteroatoms. The van der Waals surface area contributed by atoms with Crippen LogP contribution in [0.2, 0.25) is 0 Å². The Bertz CT molecular complexity index is 101. The molecule has 1 nitrogen and oxygen atoms in total. The quantitative estimate of drug-likeness (QED) is 0.273. The van der Waals surface area contributed by atoms with Crippen molar-refractivity contribution in [2.45, 2.75) is 39.5 Å². The first-order valence-corrected chi connectivity index (χ1v) is 5.61. The number of hydrogen-bond donors (Lipinski definition) is 0. The van der Waals surface area contributed by atoms with Gasteiger partial charge in [-0.05, 0) is 12.8 Å². The topological polar surface area (TPSA) is 0 Å². The van der Waals surface area contributed by atoms with E-state index >= 15 is 0 Å². The highest BCUT2D eigenvalue weighted by molar-refractivity contribution is 6.16. The monoisotopic (exact) mass is 319 g/mol. The Morgan fingerprint density at radius 3 is 1.62 bits per heavy atom. The van der Waals surface area contributed by atoms with E-state index in [0.717, 1.165) is 10.5 Å². The largest absolute Gasteiger partial charge is 1.00 e. The zero-order valence-corrected chi connectivity index (χ0v) is 12.1. The molecule has 0 rings (SSSR count). The van der Waals surface area contributed by atoms with E-state index in [2.05, 4.69) is 20.9 Å². The van der Waals surface area contributed by atoms with Crippen LogP contribution in [0, 0.1) is 0 Å². The summed E-state index contributed by atoms with van der Waals surface area (Å²) in [4.78, 5) is 0. The van der Waals surface area contributed by atoms with Crippen molar-refractivity contribution in [2.75, 3.05) is 26.1 Å². The third-order valence-corrected chi connectivity index (χ3v) is 2.97. The number of nitrogens with zero attached hydrogens (tertiary/aromatic N) is 1. The van der Waals surface area contributed by atoms with Gasteiger partial charge in [-0.15, -0.1) is 0 Å². The lowest BCUT2D eigenvalue weighted by molar-refractivity contribution is -0.899. The lowest BCUT2D eigenvalue weighted by atomic mass is 10.2. The zero-order chi connectivity index (χ0) is 9.45. The Balaban J connectivity index is 0. The molecule has 0 aliphatic carbocycles. The summed E-state index contributed by atoms with van der Waals surface area (Å²) in [6.45, 7) is 6.94. The molecule has 0 fully saturated rings. The fourth-order valence-electron chi connectivity index (χ4n) is 1.31. The summed E-state index contributed by atoms with van der Waals surface area (Å²) in [6, 6.07) is 0.764. The van der Waals surface area contributed by atoms with E-state index in [1.54, 1.807) is 0 Å². The van der Waals surface area contributed by atoms with E-state index < -0.39 is 0 Å². The van der Waals surface area contributed by atoms with E-state index in [9.17, 15) is 0 Å². The number of rotatable bonds is 7. The minimum absolute atomic E-state index is 0. The molecule has 0 saturated heterocycles. The lowest BCUT2D eigenvalue weighted by Gasteiger charge is -2.32. The van der Waals surface area contributed by atoms with E-state index in [4.69, 9.17) is 11.6 Å². The van der Waals surface area contributed by atoms with Crippen LogP contribution in [-0.2, 0) is 0 Å². The fourth-order valence-corrected chi connectivity index (χ4v) is 1.55. The molecule has 0 aromatic heterocycles. The van der Waals surface area contributed by atoms with Crippen LogP contribution in [0.5, 0.6) is 0 Å². The fraction of sp³-hybridized carbons (Fsp3) is 1.00. The smallest absolute Gasteiger partial charge is 0.154 e. The van der Waals surface area contributed by atoms with Gasteiger partial charge >= 0.3 is 0 Å². The molecular weight excluding hydrogens is 296 g/mol. The van der Waals surface area contributed by atoms with Crippen molar-refractivity contribution in [1.29, 1.82) is 0 Å². The minimum Gasteiger partial charge on any atom is -1.00 e. The zero-order valence-electron chi connectivity index (χ0n) is 9.15. The van der Waals surface area contributed by atoms with Gasteiger partial charge in [-0.1, -0.05) is 38.3 Å². The van der Waals surface area contributed by atoms with Crippen LogP contribution in [-0.4, -0.2) is 30.6 Å². The van der Waals surface area contributed by atoms with Gasteiger partial charge in [0, 0.05) is 0 Å². The second-order valence-corrected chi connectivity index (χ2v) is 4.13. The number of unbranched alkanes of at least 4 members (excludes halogenated alkanes) is 2. The van der Waals surface area contributed by atoms with E-state index in [0.29, 0.717) is 0 Å². The van der Waals surface area contributed by atoms with Gasteiger partial charge in [0.05, 0.1) is 20.1 Å². The molecule has 0 N–H and O–H groups in total. The molecule has 0 atom stereocenters. The molecule has 13 heavy (non-hydrogen) atoms. The predicted octanol–water partition coefficient (Wildman–Crippen LogP) is 0.234. The molecule has 0 aliphatic heterocycles. The summed E-state index contributed by atoms with van der Waals surface area (Å²) < 4.78 is 1.04. The van der Waals surface area contributed by atoms with Gasteiger partial charge in [0.1, 0.15) is 0 Å². The van der Waals surface area contributed by atoms with Crippen LogP contribution in [0.4, 0.5) is 0 Å². The van der Waals surface area contributed by atoms with Gasteiger partial charge in [0.2, 0.25) is 0 Å². The first kappa shape index (κ1) is 16.4. The van der Waals surface area contributed by atoms with Gasteiger partial charge < -0.3 is 28.5 Å². The third-order valence-electron chi connectivity index (χ3n) is 2.39. The maximum atomic E-state index is 5.95. The third kappa shape index (κ3) is 8.01. The van der Waals surface area contributed by atoms with Crippen molar-refractivity contribution >= 4 is 11.6 Å². The molecule has 82 valence electrons. The highest BCUT2D eigenvalue weighted by Crippen LogP contribution is 2.09. The Morgan fingerprint density at radius 1 is 1.00 bits per heavy atom. The highest BCUT2D eigenvalue weighted by Gasteiger charge is 2.17. The number of alkyl halides is 1. The van der Waals surface area contributed by atoms with Crippen LogP contribution in [0.3, 0.4) is 0 Å². The van der Waals surface area contributed by atoms with Crippen LogP contribution in [0.25, 0.3) is 0 Å². The van der Waals surface area contributed by atoms with Crippen molar-refractivity contribution < 1.29 is 28.5 Å². The average molecular weight is 320 g/mol. The molecule has 0 heterocycles. The Morgan fingerprint density at radius 2 is 1.38 bits per heavy atom. The minimum atomic E-state index is 0. The van der Waals surface area contributed by atoms with Crippen molar-refractivity contribution in [3.05, 3.63) is 0 Å². The van der Waals surface area contributed by atoms with Gasteiger partial charge in [-0.2, -0.15) is 0 Å². The molecule has 0 aliphatic rings. The van der Waals surface area contributed by atoms with Crippen molar-refractivity contribution in [1.82, 2.24) is 0 Å². The molecule has 0 saturated carbocycles. The molecule has 0 amide bonds. The van der Waals surface area contributed by atoms with E-state index in [-0.39, 0.29) is 24.0 Å². The lowest BCUT2D eigenvalue weighted by Crippen LogP contribution is -3.00. The number of hydrogen-bond acceptors (Lipinski definition) is 0. The summed E-state index contributed by atoms with van der Waals surface area (Å²) in [5.41, 5.74) is 0. The summed E-state index contributed by atoms with van der Waals surface area (Å²) in [5, 5.41) is 0. The van der Waals surface area contributed by atoms with E-state index in [1.165, 1.54) is 38.8 Å². The highest BCUT2D eigenvalue weighted by atomic mass is 127. The van der Waals surface area contributed by atoms with Crippen LogP contribution >= 0.6 is 11.6 Å². The SMILES string of the molecule is CCCC[N+](C)(CCl)CCCC.[I-]. The van der Waals surface area contributed by atoms with Crippen molar-refractivity contribution in [3.8, 4) is 0 Å². The van der Waals surface area contributed by atoms with Gasteiger partial charge in [0.25, 0.3) is 0 Å². The summed E-state index contributed by atoms with van der Waals surface area (Å²) in [6.07, 6.45) is 5.15. The van der Waals surface area contributed by atoms with Crippen molar-refractivity contribution in [2.24, 2.45) is 0 Å². The molecule has 0 spiro atoms. The second kappa shape index (κ2) is 9.53. The molecule has 0 unspecified atom stereocenters. The Hall–Kier alpha value is 0.980. The number of halogens is 2. The second-order valence-electron chi connectivity index (χ2n) is 3.89. The predicted molar refractivity (Wildman–Crippen MR) is 56.5 cm³/mol. The standard InChI is InChI=1S/C10H23ClN.HI/c1-4-6-8-12(3,10-11)9-7-5-2;/h4-10H2,1-3H3;1H/q+1;/p-1. The van der Waals surface area contributed by atoms with Gasteiger partial charge in [0.15, 0.2) is 6.00 Å². The maximum Gasteiger partial charge on any atom is 0.154 e. The maximum absolute atomic E-state index is 5.95. The first-order valence-electron chi connectivity index (χ1n) is 5.08. The summed E-state index contributed by atoms with van der Waals surface area (Å²) in [7, 11) is 2.26. The molecule has 0 aromatic carbocycles. The first-order chi connectivity index (χ1) is 5.68. The average Bonchev–Trinajstić information content (AvgIpc) is 2.11. The Kier molecular flexibility index (Phi) is 12.0. The normalized spacial score (nSPS) is 11.1. The van der Waals surface area contributed by atoms with E-state index in [1.807, 2.05) is 0 Å². The number of quaternary nitrogens is 1. The van der Waals surface area contributed by atoms with Crippen LogP contribution in [0.1, 0.15) is 39.5 Å². The molecule has 0 bridgehead atoms. The van der Waals surface area contributed by atoms with Crippen molar-refractivity contribution in [3.63, 3.8) is 0 Å². The Labute approximate surface area is 105 Å². The summed E-state index contributed by atoms with van der Waals surface area (Å²) in [5.74, 6) is 0. The van der Waals surface area contributed by atoms with Gasteiger partial charge in [-0.25, -0.2) is 0 Å². The van der Waals surface area contributed by atoms with Gasteiger partial charge in [-0.3, -0.25) is 0 Å². The van der Waals surface area contributed by atoms with Crippen LogP contribution < -0.4 is 24.0 Å².